The van der Waals surface area contributed by atoms with Gasteiger partial charge in [0.2, 0.25) is 0 Å². The van der Waals surface area contributed by atoms with Crippen LogP contribution in [0.4, 0.5) is 0 Å². The van der Waals surface area contributed by atoms with E-state index in [1.807, 2.05) is 18.5 Å². The molecule has 15 heavy (non-hydrogen) atoms. The molecule has 0 aromatic carbocycles. The summed E-state index contributed by atoms with van der Waals surface area (Å²) in [5, 5.41) is 0. The highest BCUT2D eigenvalue weighted by Gasteiger charge is 2.49. The summed E-state index contributed by atoms with van der Waals surface area (Å²) in [7, 11) is 4.24. The van der Waals surface area contributed by atoms with Crippen molar-refractivity contribution in [1.82, 2.24) is 9.88 Å². The van der Waals surface area contributed by atoms with E-state index in [2.05, 4.69) is 30.0 Å². The Hall–Kier alpha value is -0.930. The molecule has 3 heteroatoms. The lowest BCUT2D eigenvalue weighted by Gasteiger charge is -2.32. The minimum absolute atomic E-state index is 0.298. The normalized spacial score (nSPS) is 20.3. The molecule has 1 aromatic rings. The fraction of sp³-hybridized carbons (Fsp3) is 0.583. The topological polar surface area (TPSA) is 42.2 Å². The predicted octanol–water partition coefficient (Wildman–Crippen LogP) is 1.42. The third kappa shape index (κ3) is 1.90. The van der Waals surface area contributed by atoms with E-state index in [4.69, 9.17) is 5.73 Å². The number of aromatic nitrogens is 1. The Morgan fingerprint density at radius 1 is 1.53 bits per heavy atom. The van der Waals surface area contributed by atoms with Crippen molar-refractivity contribution in [2.24, 2.45) is 11.1 Å². The fourth-order valence-electron chi connectivity index (χ4n) is 2.49. The maximum Gasteiger partial charge on any atom is 0.0425 e. The van der Waals surface area contributed by atoms with Gasteiger partial charge < -0.3 is 10.6 Å². The zero-order valence-corrected chi connectivity index (χ0v) is 9.48. The minimum atomic E-state index is 0.298. The number of nitrogens with two attached hydrogens (primary N) is 1. The van der Waals surface area contributed by atoms with E-state index in [-0.39, 0.29) is 0 Å². The molecule has 0 amide bonds. The zero-order chi connectivity index (χ0) is 10.9. The van der Waals surface area contributed by atoms with Crippen molar-refractivity contribution in [1.29, 1.82) is 0 Å². The first-order valence-corrected chi connectivity index (χ1v) is 5.46. The number of pyridine rings is 1. The molecule has 1 fully saturated rings. The van der Waals surface area contributed by atoms with Crippen molar-refractivity contribution >= 4 is 0 Å². The maximum absolute atomic E-state index is 5.90. The molecular weight excluding hydrogens is 186 g/mol. The van der Waals surface area contributed by atoms with E-state index in [9.17, 15) is 0 Å². The van der Waals surface area contributed by atoms with Gasteiger partial charge in [0.05, 0.1) is 0 Å². The number of nitrogens with zero attached hydrogens (tertiary/aromatic N) is 2. The summed E-state index contributed by atoms with van der Waals surface area (Å²) in [6.07, 6.45) is 6.25. The van der Waals surface area contributed by atoms with Crippen LogP contribution in [0.15, 0.2) is 24.5 Å². The summed E-state index contributed by atoms with van der Waals surface area (Å²) in [5.74, 6) is 0. The maximum atomic E-state index is 5.90. The van der Waals surface area contributed by atoms with Gasteiger partial charge in [0.15, 0.2) is 0 Å². The fourth-order valence-corrected chi connectivity index (χ4v) is 2.49. The van der Waals surface area contributed by atoms with Crippen LogP contribution < -0.4 is 5.73 Å². The van der Waals surface area contributed by atoms with Crippen molar-refractivity contribution < 1.29 is 0 Å². The Morgan fingerprint density at radius 3 is 2.67 bits per heavy atom. The van der Waals surface area contributed by atoms with Crippen LogP contribution in [0, 0.1) is 5.41 Å². The van der Waals surface area contributed by atoms with Crippen LogP contribution in [-0.2, 0) is 0 Å². The van der Waals surface area contributed by atoms with E-state index in [0.717, 1.165) is 6.54 Å². The summed E-state index contributed by atoms with van der Waals surface area (Å²) in [6.45, 7) is 0.769. The molecule has 1 atom stereocenters. The lowest BCUT2D eigenvalue weighted by molar-refractivity contribution is 0.198. The molecule has 3 nitrogen and oxygen atoms in total. The summed E-state index contributed by atoms with van der Waals surface area (Å²) < 4.78 is 0. The van der Waals surface area contributed by atoms with Gasteiger partial charge in [-0.15, -0.1) is 0 Å². The zero-order valence-electron chi connectivity index (χ0n) is 9.48. The Labute approximate surface area is 91.3 Å². The predicted molar refractivity (Wildman–Crippen MR) is 61.4 cm³/mol. The highest BCUT2D eigenvalue weighted by Crippen LogP contribution is 2.55. The van der Waals surface area contributed by atoms with E-state index in [0.29, 0.717) is 11.5 Å². The summed E-state index contributed by atoms with van der Waals surface area (Å²) >= 11 is 0. The van der Waals surface area contributed by atoms with Gasteiger partial charge in [-0.2, -0.15) is 0 Å². The standard InChI is InChI=1S/C12H19N3/c1-15(2)11(12(9-13)5-6-12)10-4-3-7-14-8-10/h3-4,7-8,11H,5-6,9,13H2,1-2H3. The number of rotatable bonds is 4. The highest BCUT2D eigenvalue weighted by atomic mass is 15.1. The molecule has 0 aliphatic heterocycles. The molecule has 0 spiro atoms. The molecule has 1 aromatic heterocycles. The molecule has 0 saturated heterocycles. The van der Waals surface area contributed by atoms with Gasteiger partial charge in [-0.05, 0) is 45.1 Å². The first-order valence-electron chi connectivity index (χ1n) is 5.46. The number of hydrogen-bond acceptors (Lipinski definition) is 3. The van der Waals surface area contributed by atoms with Crippen LogP contribution in [0.25, 0.3) is 0 Å². The molecular formula is C12H19N3. The summed E-state index contributed by atoms with van der Waals surface area (Å²) in [6, 6.07) is 4.56. The molecule has 0 bridgehead atoms. The Bertz CT molecular complexity index is 317. The van der Waals surface area contributed by atoms with Crippen molar-refractivity contribution in [3.8, 4) is 0 Å². The molecule has 1 unspecified atom stereocenters. The van der Waals surface area contributed by atoms with Gasteiger partial charge >= 0.3 is 0 Å². The Morgan fingerprint density at radius 2 is 2.27 bits per heavy atom. The van der Waals surface area contributed by atoms with Crippen LogP contribution >= 0.6 is 0 Å². The average Bonchev–Trinajstić information content (AvgIpc) is 3.00. The SMILES string of the molecule is CN(C)C(c1cccnc1)C1(CN)CC1. The third-order valence-electron chi connectivity index (χ3n) is 3.40. The third-order valence-corrected chi connectivity index (χ3v) is 3.40. The first-order chi connectivity index (χ1) is 7.19. The van der Waals surface area contributed by atoms with Crippen LogP contribution in [0.1, 0.15) is 24.4 Å². The van der Waals surface area contributed by atoms with Crippen LogP contribution in [0.5, 0.6) is 0 Å². The molecule has 2 N–H and O–H groups in total. The molecule has 1 aliphatic rings. The van der Waals surface area contributed by atoms with Crippen molar-refractivity contribution in [3.63, 3.8) is 0 Å². The Balaban J connectivity index is 2.29. The van der Waals surface area contributed by atoms with Crippen molar-refractivity contribution in [3.05, 3.63) is 30.1 Å². The van der Waals surface area contributed by atoms with Gasteiger partial charge in [-0.3, -0.25) is 4.98 Å². The van der Waals surface area contributed by atoms with Crippen LogP contribution in [0.3, 0.4) is 0 Å². The van der Waals surface area contributed by atoms with E-state index >= 15 is 0 Å². The van der Waals surface area contributed by atoms with Crippen LogP contribution in [0.2, 0.25) is 0 Å². The largest absolute Gasteiger partial charge is 0.330 e. The quantitative estimate of drug-likeness (QED) is 0.808. The smallest absolute Gasteiger partial charge is 0.0425 e. The summed E-state index contributed by atoms with van der Waals surface area (Å²) in [4.78, 5) is 6.46. The average molecular weight is 205 g/mol. The van der Waals surface area contributed by atoms with Gasteiger partial charge in [-0.25, -0.2) is 0 Å². The highest BCUT2D eigenvalue weighted by molar-refractivity contribution is 5.21. The second-order valence-corrected chi connectivity index (χ2v) is 4.72. The van der Waals surface area contributed by atoms with E-state index in [1.54, 1.807) is 0 Å². The van der Waals surface area contributed by atoms with Gasteiger partial charge in [0, 0.05) is 23.9 Å². The van der Waals surface area contributed by atoms with Crippen molar-refractivity contribution in [2.45, 2.75) is 18.9 Å². The van der Waals surface area contributed by atoms with E-state index < -0.39 is 0 Å². The monoisotopic (exact) mass is 205 g/mol. The molecule has 1 saturated carbocycles. The molecule has 1 aliphatic carbocycles. The van der Waals surface area contributed by atoms with Crippen molar-refractivity contribution in [2.75, 3.05) is 20.6 Å². The lowest BCUT2D eigenvalue weighted by Crippen LogP contribution is -2.33. The molecule has 0 radical (unpaired) electrons. The second-order valence-electron chi connectivity index (χ2n) is 4.72. The second kappa shape index (κ2) is 3.91. The van der Waals surface area contributed by atoms with Crippen LogP contribution in [-0.4, -0.2) is 30.5 Å². The molecule has 1 heterocycles. The minimum Gasteiger partial charge on any atom is -0.330 e. The molecule has 82 valence electrons. The van der Waals surface area contributed by atoms with Gasteiger partial charge in [-0.1, -0.05) is 6.07 Å². The Kier molecular flexibility index (Phi) is 2.76. The lowest BCUT2D eigenvalue weighted by atomic mass is 9.90. The first kappa shape index (κ1) is 10.6. The number of hydrogen-bond donors (Lipinski definition) is 1. The summed E-state index contributed by atoms with van der Waals surface area (Å²) in [5.41, 5.74) is 7.48. The van der Waals surface area contributed by atoms with Gasteiger partial charge in [0.1, 0.15) is 0 Å². The molecule has 2 rings (SSSR count). The van der Waals surface area contributed by atoms with E-state index in [1.165, 1.54) is 18.4 Å². The van der Waals surface area contributed by atoms with Gasteiger partial charge in [0.25, 0.3) is 0 Å².